The average Bonchev–Trinajstić information content (AvgIpc) is 2.28. The molecule has 4 aliphatic rings. The zero-order valence-electron chi connectivity index (χ0n) is 7.05. The minimum absolute atomic E-state index is 0.966. The fourth-order valence-electron chi connectivity index (χ4n) is 5.27. The molecule has 0 aliphatic heterocycles. The minimum Gasteiger partial charge on any atom is -0.0475 e. The van der Waals surface area contributed by atoms with Gasteiger partial charge in [-0.15, -0.1) is 0 Å². The minimum atomic E-state index is 0.966. The number of hydrogen-bond donors (Lipinski definition) is 0. The van der Waals surface area contributed by atoms with Crippen LogP contribution in [0.2, 0.25) is 0 Å². The van der Waals surface area contributed by atoms with E-state index in [0.29, 0.717) is 0 Å². The summed E-state index contributed by atoms with van der Waals surface area (Å²) in [5.41, 5.74) is 0.966. The van der Waals surface area contributed by atoms with Gasteiger partial charge in [-0.1, -0.05) is 0 Å². The van der Waals surface area contributed by atoms with Gasteiger partial charge in [0.05, 0.1) is 0 Å². The van der Waals surface area contributed by atoms with Gasteiger partial charge in [-0.05, 0) is 67.6 Å². The Hall–Kier alpha value is 0. The van der Waals surface area contributed by atoms with Gasteiger partial charge < -0.3 is 0 Å². The van der Waals surface area contributed by atoms with Crippen LogP contribution >= 0.6 is 0 Å². The highest BCUT2D eigenvalue weighted by molar-refractivity contribution is 5.15. The maximum absolute atomic E-state index is 1.65. The van der Waals surface area contributed by atoms with Crippen LogP contribution in [0.1, 0.15) is 38.5 Å². The smallest absolute Gasteiger partial charge is 0.0235 e. The van der Waals surface area contributed by atoms with Crippen LogP contribution in [-0.2, 0) is 0 Å². The van der Waals surface area contributed by atoms with E-state index < -0.39 is 0 Å². The molecule has 1 spiro atoms. The Morgan fingerprint density at radius 2 is 1.36 bits per heavy atom. The molecule has 0 aromatic rings. The average molecular weight is 148 g/mol. The molecule has 0 heterocycles. The largest absolute Gasteiger partial charge is 0.0475 e. The van der Waals surface area contributed by atoms with Gasteiger partial charge >= 0.3 is 0 Å². The highest BCUT2D eigenvalue weighted by Gasteiger charge is 2.66. The molecule has 60 valence electrons. The highest BCUT2D eigenvalue weighted by atomic mass is 14.7. The molecule has 3 bridgehead atoms. The lowest BCUT2D eigenvalue weighted by atomic mass is 9.56. The Bertz CT molecular complexity index is 192. The third kappa shape index (κ3) is 0.443. The first-order chi connectivity index (χ1) is 5.37. The van der Waals surface area contributed by atoms with E-state index in [2.05, 4.69) is 0 Å². The first kappa shape index (κ1) is 5.61. The summed E-state index contributed by atoms with van der Waals surface area (Å²) in [6.45, 7) is 0. The molecule has 0 N–H and O–H groups in total. The molecule has 4 aliphatic carbocycles. The summed E-state index contributed by atoms with van der Waals surface area (Å²) in [6.07, 6.45) is 9.82. The summed E-state index contributed by atoms with van der Waals surface area (Å²) in [6, 6.07) is 0. The molecule has 4 unspecified atom stereocenters. The van der Waals surface area contributed by atoms with Gasteiger partial charge in [0.25, 0.3) is 0 Å². The maximum atomic E-state index is 1.65. The quantitative estimate of drug-likeness (QED) is 0.495. The molecule has 0 aromatic heterocycles. The lowest BCUT2D eigenvalue weighted by Gasteiger charge is -2.49. The Labute approximate surface area is 68.4 Å². The third-order valence-corrected chi connectivity index (χ3v) is 5.43. The zero-order valence-corrected chi connectivity index (χ0v) is 7.05. The molecule has 0 radical (unpaired) electrons. The standard InChI is InChI=1S/C11H16/c1-7-2-9-4-10-3-8(1)6-11(9,10)5-7/h7-10H,1-6H2. The lowest BCUT2D eigenvalue weighted by molar-refractivity contribution is 0.000659. The maximum Gasteiger partial charge on any atom is -0.0235 e. The molecule has 0 aromatic carbocycles. The van der Waals surface area contributed by atoms with Crippen molar-refractivity contribution in [1.29, 1.82) is 0 Å². The van der Waals surface area contributed by atoms with Crippen molar-refractivity contribution in [3.8, 4) is 0 Å². The van der Waals surface area contributed by atoms with Crippen LogP contribution in [0.5, 0.6) is 0 Å². The Balaban J connectivity index is 1.89. The molecule has 0 nitrogen and oxygen atoms in total. The van der Waals surface area contributed by atoms with E-state index in [9.17, 15) is 0 Å². The van der Waals surface area contributed by atoms with E-state index in [1.807, 2.05) is 0 Å². The van der Waals surface area contributed by atoms with E-state index in [-0.39, 0.29) is 0 Å². The van der Waals surface area contributed by atoms with Gasteiger partial charge in [0, 0.05) is 0 Å². The van der Waals surface area contributed by atoms with Crippen LogP contribution in [0.15, 0.2) is 0 Å². The van der Waals surface area contributed by atoms with Crippen LogP contribution in [-0.4, -0.2) is 0 Å². The first-order valence-electron chi connectivity index (χ1n) is 5.37. The molecule has 0 heteroatoms. The third-order valence-electron chi connectivity index (χ3n) is 5.43. The van der Waals surface area contributed by atoms with E-state index in [4.69, 9.17) is 0 Å². The predicted molar refractivity (Wildman–Crippen MR) is 44.1 cm³/mol. The fraction of sp³-hybridized carbons (Fsp3) is 1.00. The van der Waals surface area contributed by atoms with Crippen molar-refractivity contribution in [1.82, 2.24) is 0 Å². The summed E-state index contributed by atoms with van der Waals surface area (Å²) in [7, 11) is 0. The van der Waals surface area contributed by atoms with Gasteiger partial charge in [0.15, 0.2) is 0 Å². The molecule has 0 amide bonds. The molecule has 11 heavy (non-hydrogen) atoms. The topological polar surface area (TPSA) is 0 Å². The molecule has 4 saturated carbocycles. The highest BCUT2D eigenvalue weighted by Crippen LogP contribution is 2.75. The molecule has 0 saturated heterocycles. The summed E-state index contributed by atoms with van der Waals surface area (Å²) in [5.74, 6) is 4.80. The molecule has 4 rings (SSSR count). The molecule has 4 atom stereocenters. The van der Waals surface area contributed by atoms with Crippen molar-refractivity contribution in [3.05, 3.63) is 0 Å². The summed E-state index contributed by atoms with van der Waals surface area (Å²) < 4.78 is 0. The van der Waals surface area contributed by atoms with Gasteiger partial charge in [0.2, 0.25) is 0 Å². The Morgan fingerprint density at radius 3 is 2.00 bits per heavy atom. The van der Waals surface area contributed by atoms with E-state index in [0.717, 1.165) is 5.41 Å². The van der Waals surface area contributed by atoms with Crippen LogP contribution in [0.4, 0.5) is 0 Å². The van der Waals surface area contributed by atoms with Gasteiger partial charge in [-0.3, -0.25) is 0 Å². The summed E-state index contributed by atoms with van der Waals surface area (Å²) >= 11 is 0. The van der Waals surface area contributed by atoms with Crippen LogP contribution in [0.3, 0.4) is 0 Å². The van der Waals surface area contributed by atoms with Crippen LogP contribution < -0.4 is 0 Å². The van der Waals surface area contributed by atoms with Crippen molar-refractivity contribution in [2.45, 2.75) is 38.5 Å². The number of fused-ring (bicyclic) bond motifs is 2. The molecular formula is C11H16. The second kappa shape index (κ2) is 1.41. The summed E-state index contributed by atoms with van der Waals surface area (Å²) in [4.78, 5) is 0. The van der Waals surface area contributed by atoms with Gasteiger partial charge in [-0.25, -0.2) is 0 Å². The van der Waals surface area contributed by atoms with E-state index in [1.165, 1.54) is 23.7 Å². The van der Waals surface area contributed by atoms with Crippen LogP contribution in [0.25, 0.3) is 0 Å². The fourth-order valence-corrected chi connectivity index (χ4v) is 5.27. The predicted octanol–water partition coefficient (Wildman–Crippen LogP) is 2.83. The van der Waals surface area contributed by atoms with E-state index in [1.54, 1.807) is 38.5 Å². The van der Waals surface area contributed by atoms with Crippen molar-refractivity contribution < 1.29 is 0 Å². The van der Waals surface area contributed by atoms with Crippen molar-refractivity contribution in [2.75, 3.05) is 0 Å². The second-order valence-corrected chi connectivity index (χ2v) is 5.71. The van der Waals surface area contributed by atoms with Gasteiger partial charge in [-0.2, -0.15) is 0 Å². The molecule has 4 fully saturated rings. The Kier molecular flexibility index (Phi) is 0.717. The SMILES string of the molecule is C1C2CC3CC4CC1CC34C2. The van der Waals surface area contributed by atoms with E-state index >= 15 is 0 Å². The number of rotatable bonds is 0. The zero-order chi connectivity index (χ0) is 7.05. The number of hydrogen-bond acceptors (Lipinski definition) is 0. The first-order valence-corrected chi connectivity index (χ1v) is 5.37. The molecular weight excluding hydrogens is 132 g/mol. The Morgan fingerprint density at radius 1 is 0.727 bits per heavy atom. The van der Waals surface area contributed by atoms with Crippen molar-refractivity contribution in [3.63, 3.8) is 0 Å². The summed E-state index contributed by atoms with van der Waals surface area (Å²) in [5, 5.41) is 0. The van der Waals surface area contributed by atoms with Crippen molar-refractivity contribution >= 4 is 0 Å². The normalized spacial score (nSPS) is 69.8. The monoisotopic (exact) mass is 148 g/mol. The van der Waals surface area contributed by atoms with Crippen LogP contribution in [0, 0.1) is 29.1 Å². The van der Waals surface area contributed by atoms with Gasteiger partial charge in [0.1, 0.15) is 0 Å². The second-order valence-electron chi connectivity index (χ2n) is 5.71. The lowest BCUT2D eigenvalue weighted by Crippen LogP contribution is -2.41. The van der Waals surface area contributed by atoms with Crippen molar-refractivity contribution in [2.24, 2.45) is 29.1 Å².